The molecule has 4 rings (SSSR count). The molecule has 2 aromatic carbocycles. The summed E-state index contributed by atoms with van der Waals surface area (Å²) in [7, 11) is -3.44. The number of hydrogen-bond donors (Lipinski definition) is 1. The minimum Gasteiger partial charge on any atom is -0.369 e. The van der Waals surface area contributed by atoms with E-state index in [1.807, 2.05) is 25.1 Å². The van der Waals surface area contributed by atoms with Crippen LogP contribution in [0.5, 0.6) is 0 Å². The van der Waals surface area contributed by atoms with Crippen LogP contribution >= 0.6 is 0 Å². The first-order valence-electron chi connectivity index (χ1n) is 10.9. The van der Waals surface area contributed by atoms with Gasteiger partial charge in [0, 0.05) is 50.6 Å². The first kappa shape index (κ1) is 21.8. The summed E-state index contributed by atoms with van der Waals surface area (Å²) in [6.45, 7) is 6.47. The molecule has 2 aliphatic heterocycles. The highest BCUT2D eigenvalue weighted by molar-refractivity contribution is 7.89. The highest BCUT2D eigenvalue weighted by Crippen LogP contribution is 2.22. The second kappa shape index (κ2) is 9.38. The Labute approximate surface area is 184 Å². The summed E-state index contributed by atoms with van der Waals surface area (Å²) in [5, 5.41) is 2.93. The van der Waals surface area contributed by atoms with E-state index < -0.39 is 10.0 Å². The van der Waals surface area contributed by atoms with Crippen molar-refractivity contribution in [2.75, 3.05) is 49.5 Å². The second-order valence-electron chi connectivity index (χ2n) is 8.16. The maximum absolute atomic E-state index is 12.8. The molecule has 0 saturated carbocycles. The Hall–Kier alpha value is -2.42. The van der Waals surface area contributed by atoms with E-state index in [1.165, 1.54) is 9.99 Å². The predicted octanol–water partition coefficient (Wildman–Crippen LogP) is 2.62. The Balaban J connectivity index is 1.32. The van der Waals surface area contributed by atoms with Gasteiger partial charge in [0.25, 0.3) is 0 Å². The fourth-order valence-corrected chi connectivity index (χ4v) is 5.72. The van der Waals surface area contributed by atoms with Crippen molar-refractivity contribution in [3.8, 4) is 0 Å². The van der Waals surface area contributed by atoms with Crippen LogP contribution in [0.2, 0.25) is 0 Å². The number of rotatable bonds is 6. The lowest BCUT2D eigenvalue weighted by Gasteiger charge is -2.38. The van der Waals surface area contributed by atoms with E-state index in [4.69, 9.17) is 0 Å². The second-order valence-corrected chi connectivity index (χ2v) is 10.1. The quantitative estimate of drug-likeness (QED) is 0.745. The van der Waals surface area contributed by atoms with Crippen LogP contribution in [-0.2, 0) is 14.8 Å². The Morgan fingerprint density at radius 2 is 1.48 bits per heavy atom. The van der Waals surface area contributed by atoms with Gasteiger partial charge in [-0.25, -0.2) is 8.42 Å². The Kier molecular flexibility index (Phi) is 6.60. The van der Waals surface area contributed by atoms with E-state index in [0.29, 0.717) is 18.8 Å². The minimum atomic E-state index is -3.44. The number of anilines is 2. The number of carbonyl (C=O) groups excluding carboxylic acids is 1. The molecule has 2 aliphatic rings. The maximum Gasteiger partial charge on any atom is 0.243 e. The van der Waals surface area contributed by atoms with Crippen LogP contribution in [-0.4, -0.2) is 68.8 Å². The Morgan fingerprint density at radius 1 is 0.871 bits per heavy atom. The third-order valence-electron chi connectivity index (χ3n) is 6.19. The van der Waals surface area contributed by atoms with Crippen molar-refractivity contribution in [1.29, 1.82) is 0 Å². The molecule has 1 amide bonds. The summed E-state index contributed by atoms with van der Waals surface area (Å²) in [6, 6.07) is 16.5. The van der Waals surface area contributed by atoms with Gasteiger partial charge in [0.2, 0.25) is 15.9 Å². The van der Waals surface area contributed by atoms with Gasteiger partial charge in [0.15, 0.2) is 0 Å². The lowest BCUT2D eigenvalue weighted by molar-refractivity contribution is -0.120. The Morgan fingerprint density at radius 3 is 2.10 bits per heavy atom. The van der Waals surface area contributed by atoms with Gasteiger partial charge in [-0.15, -0.1) is 0 Å². The number of sulfonamides is 1. The fourth-order valence-electron chi connectivity index (χ4n) is 4.21. The molecule has 31 heavy (non-hydrogen) atoms. The topological polar surface area (TPSA) is 73.0 Å². The van der Waals surface area contributed by atoms with Crippen LogP contribution in [0.4, 0.5) is 11.4 Å². The molecule has 2 aromatic rings. The molecule has 8 heteroatoms. The zero-order valence-electron chi connectivity index (χ0n) is 17.9. The van der Waals surface area contributed by atoms with E-state index in [1.54, 1.807) is 24.3 Å². The number of benzene rings is 2. The van der Waals surface area contributed by atoms with Crippen LogP contribution in [0.3, 0.4) is 0 Å². The van der Waals surface area contributed by atoms with E-state index in [-0.39, 0.29) is 16.8 Å². The Bertz CT molecular complexity index is 981. The molecule has 2 heterocycles. The summed E-state index contributed by atoms with van der Waals surface area (Å²) >= 11 is 0. The van der Waals surface area contributed by atoms with Crippen molar-refractivity contribution in [1.82, 2.24) is 9.21 Å². The monoisotopic (exact) mass is 442 g/mol. The van der Waals surface area contributed by atoms with Gasteiger partial charge in [-0.1, -0.05) is 18.2 Å². The third kappa shape index (κ3) is 4.92. The van der Waals surface area contributed by atoms with Gasteiger partial charge >= 0.3 is 0 Å². The standard InChI is InChI=1S/C23H30N4O3S/c1-19(25-15-17-26(18-16-25)21-7-3-2-4-8-21)23(28)24-20-9-11-22(12-10-20)31(29,30)27-13-5-6-14-27/h2-4,7-12,19H,5-6,13-18H2,1H3,(H,24,28)/t19-/m0/s1. The largest absolute Gasteiger partial charge is 0.369 e. The van der Waals surface area contributed by atoms with Gasteiger partial charge in [-0.2, -0.15) is 4.31 Å². The maximum atomic E-state index is 12.8. The van der Waals surface area contributed by atoms with Crippen molar-refractivity contribution < 1.29 is 13.2 Å². The molecule has 0 bridgehead atoms. The molecule has 0 aliphatic carbocycles. The first-order chi connectivity index (χ1) is 14.9. The highest BCUT2D eigenvalue weighted by atomic mass is 32.2. The molecule has 166 valence electrons. The molecule has 1 atom stereocenters. The number of nitrogens with zero attached hydrogens (tertiary/aromatic N) is 3. The molecule has 0 aromatic heterocycles. The van der Waals surface area contributed by atoms with Crippen molar-refractivity contribution in [3.63, 3.8) is 0 Å². The number of hydrogen-bond acceptors (Lipinski definition) is 5. The minimum absolute atomic E-state index is 0.0803. The molecule has 0 radical (unpaired) electrons. The van der Waals surface area contributed by atoms with Gasteiger partial charge < -0.3 is 10.2 Å². The predicted molar refractivity (Wildman–Crippen MR) is 123 cm³/mol. The first-order valence-corrected chi connectivity index (χ1v) is 12.3. The van der Waals surface area contributed by atoms with Crippen LogP contribution < -0.4 is 10.2 Å². The zero-order valence-corrected chi connectivity index (χ0v) is 18.7. The molecular formula is C23H30N4O3S. The average Bonchev–Trinajstić information content (AvgIpc) is 3.36. The van der Waals surface area contributed by atoms with Crippen molar-refractivity contribution >= 4 is 27.3 Å². The summed E-state index contributed by atoms with van der Waals surface area (Å²) in [5.74, 6) is -0.0803. The van der Waals surface area contributed by atoms with Gasteiger partial charge in [-0.3, -0.25) is 9.69 Å². The van der Waals surface area contributed by atoms with E-state index in [2.05, 4.69) is 27.2 Å². The lowest BCUT2D eigenvalue weighted by atomic mass is 10.2. The molecular weight excluding hydrogens is 412 g/mol. The molecule has 0 spiro atoms. The fraction of sp³-hybridized carbons (Fsp3) is 0.435. The summed E-state index contributed by atoms with van der Waals surface area (Å²) in [6.07, 6.45) is 1.82. The van der Waals surface area contributed by atoms with Crippen molar-refractivity contribution in [2.24, 2.45) is 0 Å². The number of piperazine rings is 1. The third-order valence-corrected chi connectivity index (χ3v) is 8.10. The highest BCUT2D eigenvalue weighted by Gasteiger charge is 2.28. The summed E-state index contributed by atoms with van der Waals surface area (Å²) in [5.41, 5.74) is 1.82. The van der Waals surface area contributed by atoms with Gasteiger partial charge in [0.05, 0.1) is 10.9 Å². The average molecular weight is 443 g/mol. The zero-order chi connectivity index (χ0) is 21.8. The van der Waals surface area contributed by atoms with Crippen LogP contribution in [0.15, 0.2) is 59.5 Å². The van der Waals surface area contributed by atoms with Crippen LogP contribution in [0.25, 0.3) is 0 Å². The smallest absolute Gasteiger partial charge is 0.243 e. The number of para-hydroxylation sites is 1. The summed E-state index contributed by atoms with van der Waals surface area (Å²) < 4.78 is 26.8. The number of carbonyl (C=O) groups is 1. The molecule has 0 unspecified atom stereocenters. The van der Waals surface area contributed by atoms with Crippen molar-refractivity contribution in [2.45, 2.75) is 30.7 Å². The summed E-state index contributed by atoms with van der Waals surface area (Å²) in [4.78, 5) is 17.6. The molecule has 7 nitrogen and oxygen atoms in total. The van der Waals surface area contributed by atoms with E-state index >= 15 is 0 Å². The van der Waals surface area contributed by atoms with Crippen LogP contribution in [0, 0.1) is 0 Å². The SMILES string of the molecule is C[C@@H](C(=O)Nc1ccc(S(=O)(=O)N2CCCC2)cc1)N1CCN(c2ccccc2)CC1. The molecule has 2 fully saturated rings. The molecule has 2 saturated heterocycles. The van der Waals surface area contributed by atoms with Crippen LogP contribution in [0.1, 0.15) is 19.8 Å². The molecule has 1 N–H and O–H groups in total. The lowest BCUT2D eigenvalue weighted by Crippen LogP contribution is -2.52. The number of nitrogens with one attached hydrogen (secondary N) is 1. The van der Waals surface area contributed by atoms with Gasteiger partial charge in [-0.05, 0) is 56.2 Å². The van der Waals surface area contributed by atoms with E-state index in [0.717, 1.165) is 39.0 Å². The van der Waals surface area contributed by atoms with Crippen molar-refractivity contribution in [3.05, 3.63) is 54.6 Å². The van der Waals surface area contributed by atoms with Gasteiger partial charge in [0.1, 0.15) is 0 Å². The normalized spacial score (nSPS) is 19.3. The van der Waals surface area contributed by atoms with E-state index in [9.17, 15) is 13.2 Å². The number of amides is 1.